The summed E-state index contributed by atoms with van der Waals surface area (Å²) in [5, 5.41) is 6.63. The van der Waals surface area contributed by atoms with Gasteiger partial charge in [0.05, 0.1) is 11.6 Å². The van der Waals surface area contributed by atoms with Crippen LogP contribution >= 0.6 is 11.3 Å². The third kappa shape index (κ3) is 3.75. The Balaban J connectivity index is 1.49. The first-order valence-electron chi connectivity index (χ1n) is 5.52. The molecule has 0 fully saturated rings. The van der Waals surface area contributed by atoms with Crippen LogP contribution in [0.15, 0.2) is 24.0 Å². The molecule has 5 heteroatoms. The molecule has 0 saturated heterocycles. The third-order valence-corrected chi connectivity index (χ3v) is 3.16. The van der Waals surface area contributed by atoms with E-state index in [1.165, 1.54) is 17.8 Å². The molecule has 0 bridgehead atoms. The first-order chi connectivity index (χ1) is 7.95. The highest BCUT2D eigenvalue weighted by Crippen LogP contribution is 2.07. The van der Waals surface area contributed by atoms with Crippen molar-refractivity contribution in [1.82, 2.24) is 20.3 Å². The topological polar surface area (TPSA) is 53.6 Å². The van der Waals surface area contributed by atoms with Crippen molar-refractivity contribution in [3.8, 4) is 0 Å². The fourth-order valence-electron chi connectivity index (χ4n) is 1.50. The van der Waals surface area contributed by atoms with E-state index in [9.17, 15) is 0 Å². The van der Waals surface area contributed by atoms with E-state index in [-0.39, 0.29) is 0 Å². The van der Waals surface area contributed by atoms with Gasteiger partial charge in [-0.1, -0.05) is 0 Å². The molecule has 0 atom stereocenters. The van der Waals surface area contributed by atoms with E-state index in [2.05, 4.69) is 20.3 Å². The van der Waals surface area contributed by atoms with Crippen molar-refractivity contribution in [1.29, 1.82) is 0 Å². The molecule has 0 unspecified atom stereocenters. The monoisotopic (exact) mass is 236 g/mol. The van der Waals surface area contributed by atoms with Crippen molar-refractivity contribution in [2.24, 2.45) is 0 Å². The van der Waals surface area contributed by atoms with Crippen molar-refractivity contribution < 1.29 is 0 Å². The minimum atomic E-state index is 0.824. The van der Waals surface area contributed by atoms with Gasteiger partial charge in [0, 0.05) is 24.0 Å². The van der Waals surface area contributed by atoms with E-state index >= 15 is 0 Å². The van der Waals surface area contributed by atoms with E-state index in [1.807, 2.05) is 17.8 Å². The predicted molar refractivity (Wildman–Crippen MR) is 65.3 cm³/mol. The Morgan fingerprint density at radius 2 is 2.25 bits per heavy atom. The number of H-pyrrole nitrogens is 1. The van der Waals surface area contributed by atoms with Gasteiger partial charge in [-0.05, 0) is 25.8 Å². The van der Waals surface area contributed by atoms with Crippen LogP contribution in [0, 0.1) is 0 Å². The average molecular weight is 236 g/mol. The summed E-state index contributed by atoms with van der Waals surface area (Å²) in [6, 6.07) is 0. The highest BCUT2D eigenvalue weighted by atomic mass is 32.1. The molecule has 0 spiro atoms. The maximum absolute atomic E-state index is 4.26. The van der Waals surface area contributed by atoms with Gasteiger partial charge in [-0.2, -0.15) is 0 Å². The molecular formula is C11H16N4S. The molecule has 2 aromatic heterocycles. The van der Waals surface area contributed by atoms with Crippen LogP contribution in [0.5, 0.6) is 0 Å². The lowest BCUT2D eigenvalue weighted by atomic mass is 10.2. The van der Waals surface area contributed by atoms with Crippen molar-refractivity contribution in [3.05, 3.63) is 34.8 Å². The summed E-state index contributed by atoms with van der Waals surface area (Å²) in [4.78, 5) is 11.5. The van der Waals surface area contributed by atoms with Gasteiger partial charge in [-0.3, -0.25) is 0 Å². The molecule has 86 valence electrons. The molecule has 16 heavy (non-hydrogen) atoms. The Morgan fingerprint density at radius 1 is 1.25 bits per heavy atom. The lowest BCUT2D eigenvalue weighted by Crippen LogP contribution is -2.15. The van der Waals surface area contributed by atoms with Crippen LogP contribution in [0.1, 0.15) is 23.7 Å². The van der Waals surface area contributed by atoms with Gasteiger partial charge in [-0.25, -0.2) is 9.97 Å². The number of nitrogens with one attached hydrogen (secondary N) is 2. The number of imidazole rings is 1. The highest BCUT2D eigenvalue weighted by Gasteiger charge is 1.96. The number of aromatic nitrogens is 3. The van der Waals surface area contributed by atoms with E-state index in [0.29, 0.717) is 0 Å². The zero-order valence-corrected chi connectivity index (χ0v) is 9.96. The van der Waals surface area contributed by atoms with Crippen LogP contribution in [0.2, 0.25) is 0 Å². The minimum Gasteiger partial charge on any atom is -0.348 e. The molecule has 0 amide bonds. The molecule has 0 aliphatic rings. The molecular weight excluding hydrogens is 220 g/mol. The Morgan fingerprint density at radius 3 is 3.00 bits per heavy atom. The van der Waals surface area contributed by atoms with Crippen LogP contribution in [-0.4, -0.2) is 21.5 Å². The average Bonchev–Trinajstić information content (AvgIpc) is 2.96. The molecule has 2 N–H and O–H groups in total. The van der Waals surface area contributed by atoms with Crippen LogP contribution in [0.4, 0.5) is 0 Å². The number of nitrogens with zero attached hydrogens (tertiary/aromatic N) is 2. The molecule has 0 radical (unpaired) electrons. The van der Waals surface area contributed by atoms with E-state index in [4.69, 9.17) is 0 Å². The van der Waals surface area contributed by atoms with Crippen molar-refractivity contribution in [2.45, 2.75) is 25.8 Å². The van der Waals surface area contributed by atoms with Gasteiger partial charge in [0.2, 0.25) is 0 Å². The second-order valence-corrected chi connectivity index (χ2v) is 4.57. The van der Waals surface area contributed by atoms with Crippen molar-refractivity contribution in [2.75, 3.05) is 6.54 Å². The van der Waals surface area contributed by atoms with Crippen LogP contribution in [-0.2, 0) is 13.0 Å². The van der Waals surface area contributed by atoms with E-state index < -0.39 is 0 Å². The normalized spacial score (nSPS) is 10.8. The fourth-order valence-corrected chi connectivity index (χ4v) is 2.17. The van der Waals surface area contributed by atoms with Crippen molar-refractivity contribution >= 4 is 11.3 Å². The summed E-state index contributed by atoms with van der Waals surface area (Å²) in [6.45, 7) is 1.86. The van der Waals surface area contributed by atoms with Gasteiger partial charge >= 0.3 is 0 Å². The van der Waals surface area contributed by atoms with Gasteiger partial charge in [-0.15, -0.1) is 11.3 Å². The molecule has 4 nitrogen and oxygen atoms in total. The molecule has 0 aromatic carbocycles. The molecule has 0 saturated carbocycles. The smallest absolute Gasteiger partial charge is 0.120 e. The Bertz CT molecular complexity index is 330. The third-order valence-electron chi connectivity index (χ3n) is 2.32. The molecule has 0 aliphatic carbocycles. The first kappa shape index (κ1) is 11.3. The number of aryl methyl sites for hydroxylation is 1. The van der Waals surface area contributed by atoms with Gasteiger partial charge < -0.3 is 10.3 Å². The maximum Gasteiger partial charge on any atom is 0.120 e. The number of aromatic amines is 1. The number of rotatable bonds is 7. The largest absolute Gasteiger partial charge is 0.348 e. The lowest BCUT2D eigenvalue weighted by molar-refractivity contribution is 0.610. The SMILES string of the molecule is c1c[nH]c(CNCCCCc2nccs2)n1. The van der Waals surface area contributed by atoms with Crippen LogP contribution in [0.25, 0.3) is 0 Å². The Labute approximate surface area is 99.2 Å². The van der Waals surface area contributed by atoms with E-state index in [0.717, 1.165) is 25.3 Å². The predicted octanol–water partition coefficient (Wildman–Crippen LogP) is 1.98. The Hall–Kier alpha value is -1.20. The van der Waals surface area contributed by atoms with Crippen molar-refractivity contribution in [3.63, 3.8) is 0 Å². The maximum atomic E-state index is 4.26. The summed E-state index contributed by atoms with van der Waals surface area (Å²) in [6.07, 6.45) is 8.97. The molecule has 2 aromatic rings. The van der Waals surface area contributed by atoms with Crippen LogP contribution < -0.4 is 5.32 Å². The second-order valence-electron chi connectivity index (χ2n) is 3.60. The lowest BCUT2D eigenvalue weighted by Gasteiger charge is -2.01. The summed E-state index contributed by atoms with van der Waals surface area (Å²) in [5.41, 5.74) is 0. The summed E-state index contributed by atoms with van der Waals surface area (Å²) in [7, 11) is 0. The van der Waals surface area contributed by atoms with Gasteiger partial charge in [0.25, 0.3) is 0 Å². The second kappa shape index (κ2) is 6.40. The zero-order chi connectivity index (χ0) is 11.1. The number of hydrogen-bond donors (Lipinski definition) is 2. The summed E-state index contributed by atoms with van der Waals surface area (Å²) in [5.74, 6) is 1.000. The number of thiazole rings is 1. The van der Waals surface area contributed by atoms with Crippen LogP contribution in [0.3, 0.4) is 0 Å². The minimum absolute atomic E-state index is 0.824. The fraction of sp³-hybridized carbons (Fsp3) is 0.455. The number of hydrogen-bond acceptors (Lipinski definition) is 4. The first-order valence-corrected chi connectivity index (χ1v) is 6.40. The van der Waals surface area contributed by atoms with Gasteiger partial charge in [0.1, 0.15) is 5.82 Å². The van der Waals surface area contributed by atoms with E-state index in [1.54, 1.807) is 17.5 Å². The standard InChI is InChI=1S/C11H16N4S/c1(3-11-15-7-8-16-11)2-4-12-9-10-13-5-6-14-10/h5-8,12H,1-4,9H2,(H,13,14). The summed E-state index contributed by atoms with van der Waals surface area (Å²) >= 11 is 1.74. The molecule has 2 rings (SSSR count). The molecule has 2 heterocycles. The highest BCUT2D eigenvalue weighted by molar-refractivity contribution is 7.09. The zero-order valence-electron chi connectivity index (χ0n) is 9.15. The Kier molecular flexibility index (Phi) is 4.51. The quantitative estimate of drug-likeness (QED) is 0.723. The van der Waals surface area contributed by atoms with Gasteiger partial charge in [0.15, 0.2) is 0 Å². The summed E-state index contributed by atoms with van der Waals surface area (Å²) < 4.78 is 0. The number of unbranched alkanes of at least 4 members (excludes halogenated alkanes) is 1. The molecule has 0 aliphatic heterocycles.